The largest absolute Gasteiger partial charge is 0.466 e. The fraction of sp³-hybridized carbons (Fsp3) is 0.462. The summed E-state index contributed by atoms with van der Waals surface area (Å²) in [6.45, 7) is 10.5. The van der Waals surface area contributed by atoms with Gasteiger partial charge in [-0.3, -0.25) is 14.5 Å². The summed E-state index contributed by atoms with van der Waals surface area (Å²) in [6.07, 6.45) is 3.38. The number of thiocarbonyl (C=S) groups is 1. The number of amides is 1. The Hall–Kier alpha value is -2.45. The van der Waals surface area contributed by atoms with Crippen LogP contribution in [0.25, 0.3) is 17.0 Å². The van der Waals surface area contributed by atoms with Crippen LogP contribution in [0.2, 0.25) is 0 Å². The van der Waals surface area contributed by atoms with Gasteiger partial charge in [0.05, 0.1) is 22.9 Å². The number of carbonyl (C=O) groups is 2. The Morgan fingerprint density at radius 3 is 2.74 bits per heavy atom. The van der Waals surface area contributed by atoms with Crippen LogP contribution in [0, 0.1) is 18.8 Å². The summed E-state index contributed by atoms with van der Waals surface area (Å²) in [5.74, 6) is 0.953. The van der Waals surface area contributed by atoms with Gasteiger partial charge < -0.3 is 9.64 Å². The summed E-state index contributed by atoms with van der Waals surface area (Å²) in [4.78, 5) is 34.9. The summed E-state index contributed by atoms with van der Waals surface area (Å²) in [7, 11) is 0. The van der Waals surface area contributed by atoms with E-state index in [1.165, 1.54) is 11.8 Å². The molecule has 2 aliphatic heterocycles. The second-order valence-corrected chi connectivity index (χ2v) is 10.9. The lowest BCUT2D eigenvalue weighted by atomic mass is 9.96. The van der Waals surface area contributed by atoms with Crippen molar-refractivity contribution < 1.29 is 14.3 Å². The number of aryl methyl sites for hydroxylation is 1. The van der Waals surface area contributed by atoms with Gasteiger partial charge in [0.2, 0.25) is 0 Å². The zero-order valence-electron chi connectivity index (χ0n) is 20.2. The van der Waals surface area contributed by atoms with E-state index in [0.717, 1.165) is 40.7 Å². The first kappa shape index (κ1) is 24.7. The number of nitrogens with zero attached hydrogens (tertiary/aromatic N) is 3. The molecule has 1 amide bonds. The second-order valence-electron chi connectivity index (χ2n) is 9.25. The molecule has 2 fully saturated rings. The van der Waals surface area contributed by atoms with Crippen LogP contribution < -0.4 is 4.90 Å². The molecule has 2 aliphatic rings. The fourth-order valence-corrected chi connectivity index (χ4v) is 5.73. The molecule has 2 saturated heterocycles. The Morgan fingerprint density at radius 2 is 2.06 bits per heavy atom. The molecule has 0 N–H and O–H groups in total. The number of anilines is 1. The molecule has 0 spiro atoms. The van der Waals surface area contributed by atoms with Gasteiger partial charge >= 0.3 is 5.97 Å². The second kappa shape index (κ2) is 10.4. The van der Waals surface area contributed by atoms with E-state index in [-0.39, 0.29) is 17.8 Å². The van der Waals surface area contributed by atoms with Crippen molar-refractivity contribution in [3.05, 3.63) is 40.3 Å². The molecule has 4 rings (SSSR count). The minimum Gasteiger partial charge on any atom is -0.466 e. The molecule has 34 heavy (non-hydrogen) atoms. The van der Waals surface area contributed by atoms with E-state index < -0.39 is 0 Å². The number of carbonyl (C=O) groups excluding carboxylic acids is 2. The number of aromatic nitrogens is 1. The highest BCUT2D eigenvalue weighted by Crippen LogP contribution is 2.36. The Bertz CT molecular complexity index is 1150. The highest BCUT2D eigenvalue weighted by atomic mass is 32.2. The normalized spacial score (nSPS) is 18.6. The number of hydrogen-bond donors (Lipinski definition) is 0. The lowest BCUT2D eigenvalue weighted by Gasteiger charge is -2.33. The standard InChI is InChI=1S/C26H31N3O3S2/c1-5-32-25(31)18-9-11-28(12-10-18)23-20(13-19-8-6-7-17(4)22(19)27-23)14-21-24(30)29(15-16(2)3)26(33)34-21/h6-8,13-14,16,18H,5,9-12,15H2,1-4H3/b21-14-. The van der Waals surface area contributed by atoms with Crippen LogP contribution in [0.5, 0.6) is 0 Å². The molecule has 6 nitrogen and oxygen atoms in total. The molecule has 180 valence electrons. The quantitative estimate of drug-likeness (QED) is 0.310. The number of rotatable bonds is 6. The molecule has 0 bridgehead atoms. The third-order valence-corrected chi connectivity index (χ3v) is 7.56. The molecule has 1 aromatic carbocycles. The zero-order valence-corrected chi connectivity index (χ0v) is 21.8. The monoisotopic (exact) mass is 497 g/mol. The molecule has 0 unspecified atom stereocenters. The molecule has 3 heterocycles. The summed E-state index contributed by atoms with van der Waals surface area (Å²) >= 11 is 6.85. The topological polar surface area (TPSA) is 62.7 Å². The molecular formula is C26H31N3O3S2. The van der Waals surface area contributed by atoms with E-state index >= 15 is 0 Å². The van der Waals surface area contributed by atoms with Crippen molar-refractivity contribution in [3.63, 3.8) is 0 Å². The number of ether oxygens (including phenoxy) is 1. The van der Waals surface area contributed by atoms with Crippen LogP contribution >= 0.6 is 24.0 Å². The van der Waals surface area contributed by atoms with Gasteiger partial charge in [-0.1, -0.05) is 56.0 Å². The Kier molecular flexibility index (Phi) is 7.57. The van der Waals surface area contributed by atoms with Crippen molar-refractivity contribution >= 4 is 63.0 Å². The summed E-state index contributed by atoms with van der Waals surface area (Å²) in [5.41, 5.74) is 2.96. The molecule has 0 saturated carbocycles. The number of piperidine rings is 1. The van der Waals surface area contributed by atoms with Gasteiger partial charge in [-0.15, -0.1) is 0 Å². The van der Waals surface area contributed by atoms with Crippen molar-refractivity contribution in [1.29, 1.82) is 0 Å². The Labute approximate surface area is 210 Å². The van der Waals surface area contributed by atoms with E-state index in [1.54, 1.807) is 4.90 Å². The maximum absolute atomic E-state index is 13.1. The third-order valence-electron chi connectivity index (χ3n) is 6.18. The minimum absolute atomic E-state index is 0.0417. The van der Waals surface area contributed by atoms with Crippen molar-refractivity contribution in [1.82, 2.24) is 9.88 Å². The molecule has 1 aromatic heterocycles. The predicted octanol–water partition coefficient (Wildman–Crippen LogP) is 5.18. The highest BCUT2D eigenvalue weighted by molar-refractivity contribution is 8.26. The lowest BCUT2D eigenvalue weighted by molar-refractivity contribution is -0.148. The summed E-state index contributed by atoms with van der Waals surface area (Å²) in [5, 5.41) is 1.04. The van der Waals surface area contributed by atoms with Crippen LogP contribution in [0.15, 0.2) is 29.2 Å². The number of thioether (sulfide) groups is 1. The summed E-state index contributed by atoms with van der Waals surface area (Å²) < 4.78 is 5.83. The Balaban J connectivity index is 1.69. The van der Waals surface area contributed by atoms with Crippen LogP contribution in [-0.2, 0) is 14.3 Å². The number of para-hydroxylation sites is 1. The first-order valence-corrected chi connectivity index (χ1v) is 13.1. The van der Waals surface area contributed by atoms with Gasteiger partial charge in [0.1, 0.15) is 10.1 Å². The SMILES string of the molecule is CCOC(=O)C1CCN(c2nc3c(C)cccc3cc2/C=C2\SC(=S)N(CC(C)C)C2=O)CC1. The van der Waals surface area contributed by atoms with E-state index in [0.29, 0.717) is 41.4 Å². The highest BCUT2D eigenvalue weighted by Gasteiger charge is 2.33. The minimum atomic E-state index is -0.112. The van der Waals surface area contributed by atoms with E-state index in [2.05, 4.69) is 37.8 Å². The van der Waals surface area contributed by atoms with Gasteiger partial charge in [0, 0.05) is 30.6 Å². The van der Waals surface area contributed by atoms with E-state index in [4.69, 9.17) is 21.9 Å². The number of benzene rings is 1. The van der Waals surface area contributed by atoms with Crippen LogP contribution in [0.3, 0.4) is 0 Å². The predicted molar refractivity (Wildman–Crippen MR) is 143 cm³/mol. The van der Waals surface area contributed by atoms with Gasteiger partial charge in [0.15, 0.2) is 0 Å². The first-order valence-electron chi connectivity index (χ1n) is 11.9. The number of fused-ring (bicyclic) bond motifs is 1. The van der Waals surface area contributed by atoms with Gasteiger partial charge in [-0.25, -0.2) is 4.98 Å². The summed E-state index contributed by atoms with van der Waals surface area (Å²) in [6, 6.07) is 8.24. The number of pyridine rings is 1. The third kappa shape index (κ3) is 5.13. The van der Waals surface area contributed by atoms with Crippen LogP contribution in [0.1, 0.15) is 44.7 Å². The molecule has 0 aliphatic carbocycles. The van der Waals surface area contributed by atoms with Crippen molar-refractivity contribution in [2.75, 3.05) is 31.1 Å². The molecule has 8 heteroatoms. The number of hydrogen-bond acceptors (Lipinski definition) is 7. The number of esters is 1. The van der Waals surface area contributed by atoms with Gasteiger partial charge in [-0.2, -0.15) is 0 Å². The van der Waals surface area contributed by atoms with Gasteiger partial charge in [-0.05, 0) is 50.3 Å². The lowest BCUT2D eigenvalue weighted by Crippen LogP contribution is -2.37. The molecule has 2 aromatic rings. The van der Waals surface area contributed by atoms with E-state index in [1.807, 2.05) is 25.1 Å². The maximum Gasteiger partial charge on any atom is 0.309 e. The zero-order chi connectivity index (χ0) is 24.4. The first-order chi connectivity index (χ1) is 16.3. The van der Waals surface area contributed by atoms with Crippen molar-refractivity contribution in [2.45, 2.75) is 40.5 Å². The van der Waals surface area contributed by atoms with E-state index in [9.17, 15) is 9.59 Å². The van der Waals surface area contributed by atoms with Crippen LogP contribution in [0.4, 0.5) is 5.82 Å². The average Bonchev–Trinajstić information content (AvgIpc) is 3.06. The molecular weight excluding hydrogens is 466 g/mol. The maximum atomic E-state index is 13.1. The smallest absolute Gasteiger partial charge is 0.309 e. The van der Waals surface area contributed by atoms with Crippen LogP contribution in [-0.4, -0.2) is 52.3 Å². The molecule has 0 radical (unpaired) electrons. The molecule has 0 atom stereocenters. The average molecular weight is 498 g/mol. The van der Waals surface area contributed by atoms with Crippen molar-refractivity contribution in [2.24, 2.45) is 11.8 Å². The fourth-order valence-electron chi connectivity index (χ4n) is 4.46. The van der Waals surface area contributed by atoms with Crippen molar-refractivity contribution in [3.8, 4) is 0 Å². The Morgan fingerprint density at radius 1 is 1.32 bits per heavy atom. The van der Waals surface area contributed by atoms with Gasteiger partial charge in [0.25, 0.3) is 5.91 Å².